The molecule has 3 nitrogen and oxygen atoms in total. The number of hydrogen-bond acceptors (Lipinski definition) is 2. The lowest BCUT2D eigenvalue weighted by Crippen LogP contribution is -2.33. The van der Waals surface area contributed by atoms with Crippen LogP contribution in [-0.2, 0) is 4.79 Å². The normalized spacial score (nSPS) is 36.1. The Hall–Kier alpha value is -0.830. The van der Waals surface area contributed by atoms with Gasteiger partial charge in [0.1, 0.15) is 0 Å². The second-order valence-electron chi connectivity index (χ2n) is 4.29. The van der Waals surface area contributed by atoms with Crippen LogP contribution in [0.25, 0.3) is 0 Å². The monoisotopic (exact) mass is 195 g/mol. The molecule has 14 heavy (non-hydrogen) atoms. The van der Waals surface area contributed by atoms with Gasteiger partial charge in [-0.25, -0.2) is 0 Å². The lowest BCUT2D eigenvalue weighted by atomic mass is 9.89. The molecule has 2 aliphatic rings. The van der Waals surface area contributed by atoms with Crippen LogP contribution < -0.4 is 0 Å². The molecular formula is C11H17NO2. The van der Waals surface area contributed by atoms with E-state index in [-0.39, 0.29) is 5.92 Å². The highest BCUT2D eigenvalue weighted by Gasteiger charge is 2.48. The van der Waals surface area contributed by atoms with Crippen molar-refractivity contribution in [2.24, 2.45) is 5.92 Å². The molecule has 2 aliphatic heterocycles. The zero-order valence-electron chi connectivity index (χ0n) is 8.35. The van der Waals surface area contributed by atoms with Crippen LogP contribution in [0.1, 0.15) is 25.7 Å². The molecule has 0 aromatic carbocycles. The van der Waals surface area contributed by atoms with Crippen molar-refractivity contribution in [1.29, 1.82) is 0 Å². The van der Waals surface area contributed by atoms with Crippen LogP contribution in [0, 0.1) is 5.92 Å². The Labute approximate surface area is 84.4 Å². The fraction of sp³-hybridized carbons (Fsp3) is 0.727. The van der Waals surface area contributed by atoms with Crippen molar-refractivity contribution in [3.63, 3.8) is 0 Å². The van der Waals surface area contributed by atoms with Gasteiger partial charge in [-0.05, 0) is 25.7 Å². The minimum atomic E-state index is -0.610. The van der Waals surface area contributed by atoms with E-state index < -0.39 is 5.97 Å². The number of aliphatic carboxylic acids is 1. The number of carboxylic acids is 1. The van der Waals surface area contributed by atoms with Gasteiger partial charge in [0.05, 0.1) is 5.92 Å². The summed E-state index contributed by atoms with van der Waals surface area (Å²) in [5.74, 6) is -0.723. The maximum Gasteiger partial charge on any atom is 0.308 e. The molecule has 2 rings (SSSR count). The molecule has 0 aliphatic carbocycles. The summed E-state index contributed by atoms with van der Waals surface area (Å²) in [4.78, 5) is 13.3. The molecule has 0 saturated carbocycles. The zero-order chi connectivity index (χ0) is 10.1. The fourth-order valence-electron chi connectivity index (χ4n) is 2.96. The number of nitrogens with zero attached hydrogens (tertiary/aromatic N) is 1. The Bertz CT molecular complexity index is 252. The summed E-state index contributed by atoms with van der Waals surface area (Å²) < 4.78 is 0. The molecule has 0 aromatic heterocycles. The van der Waals surface area contributed by atoms with Gasteiger partial charge in [0.2, 0.25) is 0 Å². The van der Waals surface area contributed by atoms with E-state index in [1.165, 1.54) is 6.42 Å². The highest BCUT2D eigenvalue weighted by molar-refractivity contribution is 5.71. The average molecular weight is 195 g/mol. The second kappa shape index (κ2) is 3.73. The third kappa shape index (κ3) is 1.46. The first-order valence-corrected chi connectivity index (χ1v) is 5.33. The molecule has 2 saturated heterocycles. The highest BCUT2D eigenvalue weighted by atomic mass is 16.4. The summed E-state index contributed by atoms with van der Waals surface area (Å²) in [7, 11) is 0. The Balaban J connectivity index is 2.00. The maximum absolute atomic E-state index is 11.0. The molecule has 3 unspecified atom stereocenters. The third-order valence-corrected chi connectivity index (χ3v) is 3.59. The number of fused-ring (bicyclic) bond motifs is 2. The smallest absolute Gasteiger partial charge is 0.308 e. The molecule has 3 atom stereocenters. The minimum absolute atomic E-state index is 0.112. The molecule has 0 radical (unpaired) electrons. The van der Waals surface area contributed by atoms with Crippen LogP contribution in [0.3, 0.4) is 0 Å². The Kier molecular flexibility index (Phi) is 2.59. The fourth-order valence-corrected chi connectivity index (χ4v) is 2.96. The van der Waals surface area contributed by atoms with Crippen molar-refractivity contribution in [1.82, 2.24) is 4.90 Å². The molecule has 0 spiro atoms. The largest absolute Gasteiger partial charge is 0.481 e. The van der Waals surface area contributed by atoms with Crippen molar-refractivity contribution < 1.29 is 9.90 Å². The number of hydrogen-bond donors (Lipinski definition) is 1. The van der Waals surface area contributed by atoms with Gasteiger partial charge in [-0.2, -0.15) is 0 Å². The topological polar surface area (TPSA) is 40.5 Å². The molecule has 2 heterocycles. The van der Waals surface area contributed by atoms with Crippen molar-refractivity contribution >= 4 is 5.97 Å². The van der Waals surface area contributed by atoms with E-state index in [9.17, 15) is 4.79 Å². The van der Waals surface area contributed by atoms with Gasteiger partial charge in [0.25, 0.3) is 0 Å². The summed E-state index contributed by atoms with van der Waals surface area (Å²) in [6, 6.07) is 0.832. The SMILES string of the molecule is C=CCCN1C2CCC1C(C(=O)O)C2. The van der Waals surface area contributed by atoms with E-state index in [2.05, 4.69) is 11.5 Å². The first-order chi connectivity index (χ1) is 6.74. The van der Waals surface area contributed by atoms with Gasteiger partial charge >= 0.3 is 5.97 Å². The quantitative estimate of drug-likeness (QED) is 0.691. The lowest BCUT2D eigenvalue weighted by Gasteiger charge is -2.21. The van der Waals surface area contributed by atoms with Crippen LogP contribution in [0.2, 0.25) is 0 Å². The number of carboxylic acid groups (broad SMARTS) is 1. The van der Waals surface area contributed by atoms with Crippen LogP contribution >= 0.6 is 0 Å². The van der Waals surface area contributed by atoms with Gasteiger partial charge in [-0.3, -0.25) is 9.69 Å². The van der Waals surface area contributed by atoms with Crippen molar-refractivity contribution in [3.05, 3.63) is 12.7 Å². The molecule has 1 N–H and O–H groups in total. The predicted octanol–water partition coefficient (Wildman–Crippen LogP) is 1.50. The summed E-state index contributed by atoms with van der Waals surface area (Å²) in [5, 5.41) is 9.03. The van der Waals surface area contributed by atoms with E-state index in [4.69, 9.17) is 5.11 Å². The zero-order valence-corrected chi connectivity index (χ0v) is 8.35. The van der Waals surface area contributed by atoms with Crippen molar-refractivity contribution in [2.75, 3.05) is 6.54 Å². The average Bonchev–Trinajstić information content (AvgIpc) is 2.71. The Morgan fingerprint density at radius 2 is 2.36 bits per heavy atom. The maximum atomic E-state index is 11.0. The van der Waals surface area contributed by atoms with E-state index in [0.717, 1.165) is 25.8 Å². The molecule has 2 bridgehead atoms. The van der Waals surface area contributed by atoms with Crippen molar-refractivity contribution in [2.45, 2.75) is 37.8 Å². The molecule has 0 amide bonds. The van der Waals surface area contributed by atoms with E-state index >= 15 is 0 Å². The molecule has 2 fully saturated rings. The first kappa shape index (κ1) is 9.71. The standard InChI is InChI=1S/C11H17NO2/c1-2-3-6-12-8-4-5-10(12)9(7-8)11(13)14/h2,8-10H,1,3-7H2,(H,13,14). The van der Waals surface area contributed by atoms with E-state index in [1.54, 1.807) is 0 Å². The van der Waals surface area contributed by atoms with Gasteiger partial charge in [-0.15, -0.1) is 6.58 Å². The summed E-state index contributed by atoms with van der Waals surface area (Å²) in [6.07, 6.45) is 5.99. The molecular weight excluding hydrogens is 178 g/mol. The summed E-state index contributed by atoms with van der Waals surface area (Å²) >= 11 is 0. The predicted molar refractivity (Wildman–Crippen MR) is 54.1 cm³/mol. The minimum Gasteiger partial charge on any atom is -0.481 e. The summed E-state index contributed by atoms with van der Waals surface area (Å²) in [5.41, 5.74) is 0. The van der Waals surface area contributed by atoms with Crippen LogP contribution in [-0.4, -0.2) is 34.6 Å². The highest BCUT2D eigenvalue weighted by Crippen LogP contribution is 2.41. The molecule has 0 aromatic rings. The van der Waals surface area contributed by atoms with Gasteiger partial charge in [-0.1, -0.05) is 6.08 Å². The van der Waals surface area contributed by atoms with Crippen LogP contribution in [0.4, 0.5) is 0 Å². The lowest BCUT2D eigenvalue weighted by molar-refractivity contribution is -0.142. The summed E-state index contributed by atoms with van der Waals surface area (Å²) in [6.45, 7) is 4.69. The van der Waals surface area contributed by atoms with Crippen LogP contribution in [0.5, 0.6) is 0 Å². The van der Waals surface area contributed by atoms with E-state index in [0.29, 0.717) is 12.1 Å². The second-order valence-corrected chi connectivity index (χ2v) is 4.29. The van der Waals surface area contributed by atoms with Gasteiger partial charge in [0, 0.05) is 18.6 Å². The number of rotatable bonds is 4. The van der Waals surface area contributed by atoms with Gasteiger partial charge in [0.15, 0.2) is 0 Å². The Morgan fingerprint density at radius 3 is 2.93 bits per heavy atom. The molecule has 3 heteroatoms. The van der Waals surface area contributed by atoms with Crippen LogP contribution in [0.15, 0.2) is 12.7 Å². The Morgan fingerprint density at radius 1 is 1.57 bits per heavy atom. The van der Waals surface area contributed by atoms with E-state index in [1.807, 2.05) is 6.08 Å². The number of carbonyl (C=O) groups is 1. The first-order valence-electron chi connectivity index (χ1n) is 5.33. The van der Waals surface area contributed by atoms with Gasteiger partial charge < -0.3 is 5.11 Å². The molecule has 78 valence electrons. The van der Waals surface area contributed by atoms with Crippen molar-refractivity contribution in [3.8, 4) is 0 Å². The third-order valence-electron chi connectivity index (χ3n) is 3.59.